The predicted octanol–water partition coefficient (Wildman–Crippen LogP) is 4.78. The zero-order valence-corrected chi connectivity index (χ0v) is 19.5. The van der Waals surface area contributed by atoms with E-state index in [1.165, 1.54) is 38.5 Å². The molecule has 0 fully saturated rings. The molecule has 1 atom stereocenters. The van der Waals surface area contributed by atoms with Crippen LogP contribution in [0.25, 0.3) is 0 Å². The Morgan fingerprint density at radius 2 is 1.62 bits per heavy atom. The van der Waals surface area contributed by atoms with E-state index < -0.39 is 27.1 Å². The molecule has 0 N–H and O–H groups in total. The summed E-state index contributed by atoms with van der Waals surface area (Å²) < 4.78 is 12.7. The standard InChI is InChI=1S/C16H40O2Si3/c1-9-10-11-12-13-14-15(19-17-16(2,3)4)21(7,8)18-20(5)6/h15,20H,9-14,19H2,1-8H3. The van der Waals surface area contributed by atoms with E-state index in [4.69, 9.17) is 8.54 Å². The molecule has 1 unspecified atom stereocenters. The summed E-state index contributed by atoms with van der Waals surface area (Å²) in [6.45, 7) is 18.3. The lowest BCUT2D eigenvalue weighted by Crippen LogP contribution is -2.44. The van der Waals surface area contributed by atoms with Gasteiger partial charge < -0.3 is 8.54 Å². The Morgan fingerprint density at radius 1 is 1.05 bits per heavy atom. The van der Waals surface area contributed by atoms with Gasteiger partial charge in [-0.2, -0.15) is 0 Å². The van der Waals surface area contributed by atoms with Crippen LogP contribution >= 0.6 is 0 Å². The van der Waals surface area contributed by atoms with Gasteiger partial charge in [-0.25, -0.2) is 0 Å². The third-order valence-corrected chi connectivity index (χ3v) is 15.8. The lowest BCUT2D eigenvalue weighted by molar-refractivity contribution is 0.136. The Morgan fingerprint density at radius 3 is 2.10 bits per heavy atom. The van der Waals surface area contributed by atoms with Crippen molar-refractivity contribution in [2.45, 2.75) is 103 Å². The van der Waals surface area contributed by atoms with Gasteiger partial charge in [-0.15, -0.1) is 0 Å². The molecule has 0 amide bonds. The van der Waals surface area contributed by atoms with Crippen molar-refractivity contribution >= 4 is 27.1 Å². The van der Waals surface area contributed by atoms with E-state index in [9.17, 15) is 0 Å². The quantitative estimate of drug-likeness (QED) is 0.395. The normalized spacial score (nSPS) is 15.3. The summed E-state index contributed by atoms with van der Waals surface area (Å²) in [5.74, 6) is 0. The zero-order valence-electron chi connectivity index (χ0n) is 15.9. The maximum Gasteiger partial charge on any atom is 0.175 e. The average molecular weight is 349 g/mol. The third kappa shape index (κ3) is 11.8. The molecule has 0 rings (SSSR count). The first-order valence-electron chi connectivity index (χ1n) is 8.90. The van der Waals surface area contributed by atoms with Gasteiger partial charge in [-0.3, -0.25) is 0 Å². The highest BCUT2D eigenvalue weighted by Gasteiger charge is 2.35. The van der Waals surface area contributed by atoms with Gasteiger partial charge in [0.05, 0.1) is 0 Å². The van der Waals surface area contributed by atoms with E-state index in [0.29, 0.717) is 0 Å². The van der Waals surface area contributed by atoms with E-state index in [0.717, 1.165) is 5.16 Å². The van der Waals surface area contributed by atoms with Crippen LogP contribution in [0, 0.1) is 0 Å². The summed E-state index contributed by atoms with van der Waals surface area (Å²) in [7, 11) is -3.01. The van der Waals surface area contributed by atoms with Crippen molar-refractivity contribution in [1.29, 1.82) is 0 Å². The number of unbranched alkanes of at least 4 members (excludes halogenated alkanes) is 4. The first-order valence-corrected chi connectivity index (χ1v) is 16.1. The average Bonchev–Trinajstić information content (AvgIpc) is 2.29. The Kier molecular flexibility index (Phi) is 10.6. The first-order chi connectivity index (χ1) is 9.58. The molecule has 0 aliphatic carbocycles. The van der Waals surface area contributed by atoms with Crippen molar-refractivity contribution in [3.05, 3.63) is 0 Å². The highest BCUT2D eigenvalue weighted by atomic mass is 28.4. The second kappa shape index (κ2) is 10.4. The predicted molar refractivity (Wildman–Crippen MR) is 104 cm³/mol. The van der Waals surface area contributed by atoms with Crippen LogP contribution in [0.15, 0.2) is 0 Å². The molecule has 0 aliphatic heterocycles. The summed E-state index contributed by atoms with van der Waals surface area (Å²) in [5.41, 5.74) is 0.0203. The number of rotatable bonds is 11. The number of hydrogen-bond donors (Lipinski definition) is 0. The molecule has 0 aromatic heterocycles. The van der Waals surface area contributed by atoms with Crippen LogP contribution in [0.4, 0.5) is 0 Å². The van der Waals surface area contributed by atoms with Gasteiger partial charge >= 0.3 is 0 Å². The van der Waals surface area contributed by atoms with Crippen molar-refractivity contribution in [2.24, 2.45) is 0 Å². The Bertz CT molecular complexity index is 263. The minimum atomic E-state index is -1.57. The molecule has 0 heterocycles. The first kappa shape index (κ1) is 21.6. The molecule has 128 valence electrons. The summed E-state index contributed by atoms with van der Waals surface area (Å²) in [5, 5.41) is 0.772. The van der Waals surface area contributed by atoms with Crippen molar-refractivity contribution < 1.29 is 8.54 Å². The fourth-order valence-electron chi connectivity index (χ4n) is 2.68. The highest BCUT2D eigenvalue weighted by Crippen LogP contribution is 2.30. The Hall–Kier alpha value is 0.571. The van der Waals surface area contributed by atoms with Crippen LogP contribution in [-0.4, -0.2) is 32.7 Å². The molecule has 0 bridgehead atoms. The zero-order chi connectivity index (χ0) is 16.5. The van der Waals surface area contributed by atoms with Gasteiger partial charge in [0, 0.05) is 5.60 Å². The second-order valence-electron chi connectivity index (χ2n) is 8.09. The molecule has 21 heavy (non-hydrogen) atoms. The van der Waals surface area contributed by atoms with Gasteiger partial charge in [0.25, 0.3) is 0 Å². The van der Waals surface area contributed by atoms with Crippen LogP contribution < -0.4 is 0 Å². The van der Waals surface area contributed by atoms with Gasteiger partial charge in [0.2, 0.25) is 0 Å². The van der Waals surface area contributed by atoms with E-state index in [1.54, 1.807) is 0 Å². The lowest BCUT2D eigenvalue weighted by atomic mass is 10.1. The summed E-state index contributed by atoms with van der Waals surface area (Å²) in [6.07, 6.45) is 8.20. The van der Waals surface area contributed by atoms with Crippen molar-refractivity contribution in [2.75, 3.05) is 0 Å². The van der Waals surface area contributed by atoms with Crippen LogP contribution in [0.5, 0.6) is 0 Å². The van der Waals surface area contributed by atoms with Crippen molar-refractivity contribution in [3.63, 3.8) is 0 Å². The Labute approximate surface area is 139 Å². The molecular weight excluding hydrogens is 308 g/mol. The van der Waals surface area contributed by atoms with Crippen molar-refractivity contribution in [3.8, 4) is 0 Å². The molecule has 0 aromatic carbocycles. The summed E-state index contributed by atoms with van der Waals surface area (Å²) >= 11 is 0. The molecule has 0 saturated carbocycles. The summed E-state index contributed by atoms with van der Waals surface area (Å²) in [6, 6.07) is 0. The maximum absolute atomic E-state index is 6.48. The van der Waals surface area contributed by atoms with Crippen LogP contribution in [-0.2, 0) is 8.54 Å². The van der Waals surface area contributed by atoms with Crippen LogP contribution in [0.2, 0.25) is 31.4 Å². The smallest absolute Gasteiger partial charge is 0.175 e. The SMILES string of the molecule is CCCCCCCC([SiH2]OC(C)(C)C)[Si](C)(C)O[SiH](C)C. The minimum Gasteiger partial charge on any atom is -0.458 e. The lowest BCUT2D eigenvalue weighted by Gasteiger charge is -2.35. The topological polar surface area (TPSA) is 18.5 Å². The highest BCUT2D eigenvalue weighted by molar-refractivity contribution is 6.84. The fourth-order valence-corrected chi connectivity index (χ4v) is 13.1. The Balaban J connectivity index is 4.46. The molecule has 2 nitrogen and oxygen atoms in total. The maximum atomic E-state index is 6.48. The van der Waals surface area contributed by atoms with E-state index in [-0.39, 0.29) is 5.60 Å². The van der Waals surface area contributed by atoms with E-state index >= 15 is 0 Å². The van der Waals surface area contributed by atoms with Gasteiger partial charge in [-0.05, 0) is 52.1 Å². The molecule has 0 saturated heterocycles. The van der Waals surface area contributed by atoms with Crippen molar-refractivity contribution in [1.82, 2.24) is 0 Å². The molecular formula is C16H40O2Si3. The third-order valence-electron chi connectivity index (χ3n) is 3.90. The van der Waals surface area contributed by atoms with E-state index in [2.05, 4.69) is 53.9 Å². The van der Waals surface area contributed by atoms with Crippen LogP contribution in [0.3, 0.4) is 0 Å². The minimum absolute atomic E-state index is 0.0203. The van der Waals surface area contributed by atoms with E-state index in [1.807, 2.05) is 0 Å². The number of hydrogen-bond acceptors (Lipinski definition) is 2. The van der Waals surface area contributed by atoms with Gasteiger partial charge in [-0.1, -0.05) is 45.4 Å². The second-order valence-corrected chi connectivity index (χ2v) is 17.6. The van der Waals surface area contributed by atoms with Gasteiger partial charge in [0.1, 0.15) is 0 Å². The fraction of sp³-hybridized carbons (Fsp3) is 1.00. The summed E-state index contributed by atoms with van der Waals surface area (Å²) in [4.78, 5) is 0. The molecule has 0 spiro atoms. The largest absolute Gasteiger partial charge is 0.458 e. The molecule has 0 radical (unpaired) electrons. The molecule has 0 aromatic rings. The molecule has 0 aliphatic rings. The van der Waals surface area contributed by atoms with Gasteiger partial charge in [0.15, 0.2) is 27.1 Å². The monoisotopic (exact) mass is 348 g/mol. The molecule has 5 heteroatoms. The van der Waals surface area contributed by atoms with Crippen LogP contribution in [0.1, 0.15) is 66.2 Å².